The van der Waals surface area contributed by atoms with Crippen LogP contribution < -0.4 is 5.32 Å². The Morgan fingerprint density at radius 2 is 2.38 bits per heavy atom. The molecule has 90 valence electrons. The molecular formula is C12H20N2O2. The summed E-state index contributed by atoms with van der Waals surface area (Å²) in [6.45, 7) is 6.26. The number of aliphatic hydroxyl groups is 1. The van der Waals surface area contributed by atoms with Crippen molar-refractivity contribution in [3.8, 4) is 0 Å². The van der Waals surface area contributed by atoms with Crippen molar-refractivity contribution in [2.24, 2.45) is 0 Å². The van der Waals surface area contributed by atoms with Gasteiger partial charge in [-0.15, -0.1) is 0 Å². The summed E-state index contributed by atoms with van der Waals surface area (Å²) in [6, 6.07) is 1.98. The van der Waals surface area contributed by atoms with Crippen molar-refractivity contribution in [1.29, 1.82) is 0 Å². The Morgan fingerprint density at radius 1 is 1.56 bits per heavy atom. The number of aryl methyl sites for hydroxylation is 1. The van der Waals surface area contributed by atoms with Crippen molar-refractivity contribution in [1.82, 2.24) is 10.3 Å². The molecule has 2 N–H and O–H groups in total. The molecule has 1 atom stereocenters. The van der Waals surface area contributed by atoms with Gasteiger partial charge in [0.05, 0.1) is 12.7 Å². The smallest absolute Gasteiger partial charge is 0.0897 e. The van der Waals surface area contributed by atoms with E-state index in [0.29, 0.717) is 19.8 Å². The largest absolute Gasteiger partial charge is 0.389 e. The highest BCUT2D eigenvalue weighted by atomic mass is 16.5. The second-order valence-electron chi connectivity index (χ2n) is 3.75. The van der Waals surface area contributed by atoms with Crippen LogP contribution in [-0.4, -0.2) is 36.0 Å². The van der Waals surface area contributed by atoms with E-state index >= 15 is 0 Å². The van der Waals surface area contributed by atoms with E-state index in [0.717, 1.165) is 12.1 Å². The predicted octanol–water partition coefficient (Wildman–Crippen LogP) is 0.877. The molecule has 0 aliphatic rings. The molecule has 1 rings (SSSR count). The van der Waals surface area contributed by atoms with Crippen LogP contribution in [0.25, 0.3) is 0 Å². The summed E-state index contributed by atoms with van der Waals surface area (Å²) < 4.78 is 5.12. The fraction of sp³-hybridized carbons (Fsp3) is 0.583. The lowest BCUT2D eigenvalue weighted by atomic mass is 10.1. The van der Waals surface area contributed by atoms with Gasteiger partial charge in [-0.2, -0.15) is 0 Å². The zero-order valence-electron chi connectivity index (χ0n) is 9.94. The molecule has 16 heavy (non-hydrogen) atoms. The standard InChI is InChI=1S/C12H20N2O2/c1-3-16-9-12(15)8-14-7-11-4-5-13-6-10(11)2/h4-6,12,14-15H,3,7-9H2,1-2H3. The van der Waals surface area contributed by atoms with Crippen molar-refractivity contribution in [2.75, 3.05) is 19.8 Å². The average Bonchev–Trinajstić information content (AvgIpc) is 2.29. The average molecular weight is 224 g/mol. The molecule has 1 heterocycles. The van der Waals surface area contributed by atoms with Crippen LogP contribution in [0.15, 0.2) is 18.5 Å². The Balaban J connectivity index is 2.23. The topological polar surface area (TPSA) is 54.4 Å². The summed E-state index contributed by atoms with van der Waals surface area (Å²) in [5.41, 5.74) is 2.37. The number of rotatable bonds is 7. The van der Waals surface area contributed by atoms with E-state index in [1.165, 1.54) is 5.56 Å². The Hall–Kier alpha value is -0.970. The lowest BCUT2D eigenvalue weighted by molar-refractivity contribution is 0.0427. The van der Waals surface area contributed by atoms with E-state index in [2.05, 4.69) is 10.3 Å². The molecule has 1 aromatic rings. The second kappa shape index (κ2) is 7.33. The van der Waals surface area contributed by atoms with Gasteiger partial charge in [-0.3, -0.25) is 4.98 Å². The molecule has 0 amide bonds. The summed E-state index contributed by atoms with van der Waals surface area (Å²) in [7, 11) is 0. The van der Waals surface area contributed by atoms with Crippen LogP contribution in [0, 0.1) is 6.92 Å². The van der Waals surface area contributed by atoms with E-state index in [1.807, 2.05) is 26.1 Å². The lowest BCUT2D eigenvalue weighted by Crippen LogP contribution is -2.30. The van der Waals surface area contributed by atoms with Gasteiger partial charge in [0.25, 0.3) is 0 Å². The normalized spacial score (nSPS) is 12.7. The van der Waals surface area contributed by atoms with Crippen molar-refractivity contribution < 1.29 is 9.84 Å². The molecule has 0 saturated carbocycles. The van der Waals surface area contributed by atoms with Gasteiger partial charge in [0.15, 0.2) is 0 Å². The first-order valence-corrected chi connectivity index (χ1v) is 5.60. The molecule has 0 aliphatic carbocycles. The maximum absolute atomic E-state index is 9.53. The first-order chi connectivity index (χ1) is 7.74. The Bertz CT molecular complexity index is 305. The Labute approximate surface area is 96.7 Å². The highest BCUT2D eigenvalue weighted by molar-refractivity contribution is 5.21. The molecule has 0 fully saturated rings. The molecule has 4 nitrogen and oxygen atoms in total. The van der Waals surface area contributed by atoms with E-state index in [9.17, 15) is 5.11 Å². The van der Waals surface area contributed by atoms with Gasteiger partial charge >= 0.3 is 0 Å². The number of aromatic nitrogens is 1. The van der Waals surface area contributed by atoms with Gasteiger partial charge in [-0.25, -0.2) is 0 Å². The van der Waals surface area contributed by atoms with Gasteiger partial charge in [0, 0.05) is 32.1 Å². The lowest BCUT2D eigenvalue weighted by Gasteiger charge is -2.12. The minimum absolute atomic E-state index is 0.388. The zero-order chi connectivity index (χ0) is 11.8. The Kier molecular flexibility index (Phi) is 6.00. The number of pyridine rings is 1. The number of nitrogens with one attached hydrogen (secondary N) is 1. The molecule has 0 aliphatic heterocycles. The van der Waals surface area contributed by atoms with Crippen LogP contribution in [0.5, 0.6) is 0 Å². The number of hydrogen-bond donors (Lipinski definition) is 2. The first-order valence-electron chi connectivity index (χ1n) is 5.60. The molecular weight excluding hydrogens is 204 g/mol. The van der Waals surface area contributed by atoms with Gasteiger partial charge < -0.3 is 15.2 Å². The second-order valence-corrected chi connectivity index (χ2v) is 3.75. The molecule has 0 spiro atoms. The van der Waals surface area contributed by atoms with Gasteiger partial charge in [-0.1, -0.05) is 0 Å². The van der Waals surface area contributed by atoms with E-state index in [-0.39, 0.29) is 0 Å². The zero-order valence-corrected chi connectivity index (χ0v) is 9.94. The fourth-order valence-electron chi connectivity index (χ4n) is 1.39. The van der Waals surface area contributed by atoms with Crippen LogP contribution in [0.4, 0.5) is 0 Å². The maximum Gasteiger partial charge on any atom is 0.0897 e. The molecule has 0 aromatic carbocycles. The van der Waals surface area contributed by atoms with Crippen molar-refractivity contribution in [2.45, 2.75) is 26.5 Å². The monoisotopic (exact) mass is 224 g/mol. The van der Waals surface area contributed by atoms with Crippen LogP contribution in [0.1, 0.15) is 18.1 Å². The number of nitrogens with zero attached hydrogens (tertiary/aromatic N) is 1. The van der Waals surface area contributed by atoms with E-state index in [4.69, 9.17) is 4.74 Å². The Morgan fingerprint density at radius 3 is 3.06 bits per heavy atom. The quantitative estimate of drug-likeness (QED) is 0.722. The van der Waals surface area contributed by atoms with Crippen LogP contribution in [0.2, 0.25) is 0 Å². The highest BCUT2D eigenvalue weighted by Gasteiger charge is 2.03. The first kappa shape index (κ1) is 13.1. The summed E-state index contributed by atoms with van der Waals surface area (Å²) in [5, 5.41) is 12.7. The molecule has 1 aromatic heterocycles. The molecule has 0 bridgehead atoms. The summed E-state index contributed by atoms with van der Waals surface area (Å²) in [4.78, 5) is 4.03. The van der Waals surface area contributed by atoms with Crippen molar-refractivity contribution in [3.05, 3.63) is 29.6 Å². The minimum atomic E-state index is -0.443. The number of ether oxygens (including phenoxy) is 1. The SMILES string of the molecule is CCOCC(O)CNCc1ccncc1C. The summed E-state index contributed by atoms with van der Waals surface area (Å²) >= 11 is 0. The predicted molar refractivity (Wildman–Crippen MR) is 63.2 cm³/mol. The fourth-order valence-corrected chi connectivity index (χ4v) is 1.39. The molecule has 0 saturated heterocycles. The van der Waals surface area contributed by atoms with Crippen LogP contribution in [-0.2, 0) is 11.3 Å². The molecule has 0 radical (unpaired) electrons. The third-order valence-electron chi connectivity index (χ3n) is 2.35. The van der Waals surface area contributed by atoms with Gasteiger partial charge in [0.1, 0.15) is 0 Å². The highest BCUT2D eigenvalue weighted by Crippen LogP contribution is 2.03. The van der Waals surface area contributed by atoms with Gasteiger partial charge in [0.2, 0.25) is 0 Å². The van der Waals surface area contributed by atoms with Crippen LogP contribution >= 0.6 is 0 Å². The van der Waals surface area contributed by atoms with Crippen LogP contribution in [0.3, 0.4) is 0 Å². The third-order valence-corrected chi connectivity index (χ3v) is 2.35. The van der Waals surface area contributed by atoms with E-state index in [1.54, 1.807) is 6.20 Å². The summed E-state index contributed by atoms with van der Waals surface area (Å²) in [6.07, 6.45) is 3.18. The number of aliphatic hydroxyl groups excluding tert-OH is 1. The van der Waals surface area contributed by atoms with Gasteiger partial charge in [-0.05, 0) is 31.0 Å². The van der Waals surface area contributed by atoms with Crippen molar-refractivity contribution >= 4 is 0 Å². The molecule has 1 unspecified atom stereocenters. The maximum atomic E-state index is 9.53. The minimum Gasteiger partial charge on any atom is -0.389 e. The summed E-state index contributed by atoms with van der Waals surface area (Å²) in [5.74, 6) is 0. The molecule has 4 heteroatoms. The third kappa shape index (κ3) is 4.70. The van der Waals surface area contributed by atoms with E-state index < -0.39 is 6.10 Å². The van der Waals surface area contributed by atoms with Crippen molar-refractivity contribution in [3.63, 3.8) is 0 Å². The number of hydrogen-bond acceptors (Lipinski definition) is 4.